The van der Waals surface area contributed by atoms with E-state index in [1.54, 1.807) is 0 Å². The molecule has 1 aliphatic heterocycles. The summed E-state index contributed by atoms with van der Waals surface area (Å²) < 4.78 is 0. The van der Waals surface area contributed by atoms with Crippen LogP contribution in [0.5, 0.6) is 0 Å². The molecule has 0 spiro atoms. The van der Waals surface area contributed by atoms with Crippen LogP contribution in [0.25, 0.3) is 0 Å². The fraction of sp³-hybridized carbons (Fsp3) is 0.500. The number of para-hydroxylation sites is 1. The first-order valence-electron chi connectivity index (χ1n) is 6.36. The van der Waals surface area contributed by atoms with Crippen LogP contribution in [0.3, 0.4) is 0 Å². The van der Waals surface area contributed by atoms with Crippen LogP contribution in [0.15, 0.2) is 18.2 Å². The van der Waals surface area contributed by atoms with Gasteiger partial charge >= 0.3 is 0 Å². The normalized spacial score (nSPS) is 19.6. The monoisotopic (exact) mass is 246 g/mol. The Balaban J connectivity index is 2.32. The lowest BCUT2D eigenvalue weighted by atomic mass is 10.1. The predicted octanol–water partition coefficient (Wildman–Crippen LogP) is 1.42. The molecule has 0 radical (unpaired) electrons. The maximum atomic E-state index is 7.71. The highest BCUT2D eigenvalue weighted by Crippen LogP contribution is 2.29. The maximum Gasteiger partial charge on any atom is 0.124 e. The van der Waals surface area contributed by atoms with Gasteiger partial charge in [-0.05, 0) is 39.1 Å². The quantitative estimate of drug-likeness (QED) is 0.626. The van der Waals surface area contributed by atoms with Crippen molar-refractivity contribution in [3.63, 3.8) is 0 Å². The molecule has 3 N–H and O–H groups in total. The summed E-state index contributed by atoms with van der Waals surface area (Å²) >= 11 is 0. The average Bonchev–Trinajstić information content (AvgIpc) is 2.77. The smallest absolute Gasteiger partial charge is 0.124 e. The first-order chi connectivity index (χ1) is 8.50. The van der Waals surface area contributed by atoms with Crippen molar-refractivity contribution in [2.45, 2.75) is 19.4 Å². The second-order valence-corrected chi connectivity index (χ2v) is 5.24. The predicted molar refractivity (Wildman–Crippen MR) is 76.5 cm³/mol. The van der Waals surface area contributed by atoms with E-state index in [-0.39, 0.29) is 5.84 Å². The molecule has 0 aliphatic carbocycles. The molecule has 0 saturated carbocycles. The number of anilines is 1. The number of nitrogens with one attached hydrogen (secondary N) is 1. The van der Waals surface area contributed by atoms with E-state index in [0.717, 1.165) is 24.3 Å². The van der Waals surface area contributed by atoms with E-state index in [0.29, 0.717) is 6.04 Å². The SMILES string of the molecule is Cc1cccc(C(=N)N)c1N1CCC(N(C)C)C1. The Bertz CT molecular complexity index is 453. The van der Waals surface area contributed by atoms with Crippen molar-refractivity contribution in [1.82, 2.24) is 4.90 Å². The number of nitrogens with zero attached hydrogens (tertiary/aromatic N) is 2. The lowest BCUT2D eigenvalue weighted by Gasteiger charge is -2.25. The number of likely N-dealkylation sites (N-methyl/N-ethyl adjacent to an activating group) is 1. The van der Waals surface area contributed by atoms with Gasteiger partial charge in [-0.25, -0.2) is 0 Å². The number of hydrogen-bond acceptors (Lipinski definition) is 3. The van der Waals surface area contributed by atoms with E-state index >= 15 is 0 Å². The van der Waals surface area contributed by atoms with E-state index in [2.05, 4.69) is 36.9 Å². The molecule has 18 heavy (non-hydrogen) atoms. The number of rotatable bonds is 3. The summed E-state index contributed by atoms with van der Waals surface area (Å²) in [4.78, 5) is 4.63. The highest BCUT2D eigenvalue weighted by Gasteiger charge is 2.26. The van der Waals surface area contributed by atoms with Crippen molar-refractivity contribution < 1.29 is 0 Å². The summed E-state index contributed by atoms with van der Waals surface area (Å²) in [7, 11) is 4.25. The summed E-state index contributed by atoms with van der Waals surface area (Å²) in [6.45, 7) is 4.14. The third-order valence-electron chi connectivity index (χ3n) is 3.74. The molecule has 0 bridgehead atoms. The van der Waals surface area contributed by atoms with Gasteiger partial charge in [0.15, 0.2) is 0 Å². The van der Waals surface area contributed by atoms with Crippen molar-refractivity contribution in [1.29, 1.82) is 5.41 Å². The molecule has 1 aromatic carbocycles. The van der Waals surface area contributed by atoms with Gasteiger partial charge in [-0.15, -0.1) is 0 Å². The number of nitrogen functional groups attached to an aromatic ring is 1. The summed E-state index contributed by atoms with van der Waals surface area (Å²) in [5, 5.41) is 7.71. The van der Waals surface area contributed by atoms with Gasteiger partial charge in [-0.3, -0.25) is 5.41 Å². The zero-order valence-corrected chi connectivity index (χ0v) is 11.4. The van der Waals surface area contributed by atoms with E-state index in [1.807, 2.05) is 12.1 Å². The average molecular weight is 246 g/mol. The van der Waals surface area contributed by atoms with Gasteiger partial charge in [-0.1, -0.05) is 12.1 Å². The largest absolute Gasteiger partial charge is 0.384 e. The second-order valence-electron chi connectivity index (χ2n) is 5.24. The van der Waals surface area contributed by atoms with Crippen LogP contribution in [-0.2, 0) is 0 Å². The van der Waals surface area contributed by atoms with E-state index in [4.69, 9.17) is 11.1 Å². The number of aryl methyl sites for hydroxylation is 1. The molecule has 0 amide bonds. The number of hydrogen-bond donors (Lipinski definition) is 2. The third kappa shape index (κ3) is 2.34. The molecule has 1 heterocycles. The zero-order chi connectivity index (χ0) is 13.3. The number of benzene rings is 1. The third-order valence-corrected chi connectivity index (χ3v) is 3.74. The van der Waals surface area contributed by atoms with Crippen LogP contribution in [0, 0.1) is 12.3 Å². The van der Waals surface area contributed by atoms with Gasteiger partial charge in [0.1, 0.15) is 5.84 Å². The van der Waals surface area contributed by atoms with Crippen molar-refractivity contribution in [3.8, 4) is 0 Å². The van der Waals surface area contributed by atoms with Gasteiger partial charge < -0.3 is 15.5 Å². The Hall–Kier alpha value is -1.55. The van der Waals surface area contributed by atoms with Gasteiger partial charge in [0.05, 0.1) is 5.69 Å². The van der Waals surface area contributed by atoms with Crippen LogP contribution < -0.4 is 10.6 Å². The van der Waals surface area contributed by atoms with Gasteiger partial charge in [-0.2, -0.15) is 0 Å². The Morgan fingerprint density at radius 2 is 2.17 bits per heavy atom. The molecule has 0 aromatic heterocycles. The van der Waals surface area contributed by atoms with E-state index in [1.165, 1.54) is 12.0 Å². The lowest BCUT2D eigenvalue weighted by Crippen LogP contribution is -2.32. The minimum absolute atomic E-state index is 0.155. The molecule has 98 valence electrons. The summed E-state index contributed by atoms with van der Waals surface area (Å²) in [5.74, 6) is 0.155. The van der Waals surface area contributed by atoms with Crippen LogP contribution in [-0.4, -0.2) is 44.0 Å². The van der Waals surface area contributed by atoms with Crippen molar-refractivity contribution in [3.05, 3.63) is 29.3 Å². The van der Waals surface area contributed by atoms with Crippen molar-refractivity contribution >= 4 is 11.5 Å². The number of nitrogens with two attached hydrogens (primary N) is 1. The molecular weight excluding hydrogens is 224 g/mol. The Kier molecular flexibility index (Phi) is 3.57. The second kappa shape index (κ2) is 4.98. The molecular formula is C14H22N4. The molecule has 4 heteroatoms. The maximum absolute atomic E-state index is 7.71. The Morgan fingerprint density at radius 3 is 2.72 bits per heavy atom. The first-order valence-corrected chi connectivity index (χ1v) is 6.36. The van der Waals surface area contributed by atoms with Crippen LogP contribution in [0.2, 0.25) is 0 Å². The highest BCUT2D eigenvalue weighted by molar-refractivity contribution is 6.01. The summed E-state index contributed by atoms with van der Waals surface area (Å²) in [6.07, 6.45) is 1.17. The van der Waals surface area contributed by atoms with Crippen LogP contribution in [0.4, 0.5) is 5.69 Å². The fourth-order valence-corrected chi connectivity index (χ4v) is 2.66. The highest BCUT2D eigenvalue weighted by atomic mass is 15.2. The molecule has 1 atom stereocenters. The molecule has 2 rings (SSSR count). The molecule has 1 aromatic rings. The first kappa shape index (κ1) is 12.9. The van der Waals surface area contributed by atoms with Crippen molar-refractivity contribution in [2.75, 3.05) is 32.1 Å². The zero-order valence-electron chi connectivity index (χ0n) is 11.4. The van der Waals surface area contributed by atoms with Gasteiger partial charge in [0.25, 0.3) is 0 Å². The summed E-state index contributed by atoms with van der Waals surface area (Å²) in [6, 6.07) is 6.58. The summed E-state index contributed by atoms with van der Waals surface area (Å²) in [5.41, 5.74) is 8.88. The topological polar surface area (TPSA) is 56.4 Å². The molecule has 1 fully saturated rings. The van der Waals surface area contributed by atoms with Crippen LogP contribution >= 0.6 is 0 Å². The fourth-order valence-electron chi connectivity index (χ4n) is 2.66. The molecule has 4 nitrogen and oxygen atoms in total. The standard InChI is InChI=1S/C14H22N4/c1-10-5-4-6-12(14(15)16)13(10)18-8-7-11(9-18)17(2)3/h4-6,11H,7-9H2,1-3H3,(H3,15,16). The van der Waals surface area contributed by atoms with E-state index < -0.39 is 0 Å². The minimum Gasteiger partial charge on any atom is -0.384 e. The Labute approximate surface area is 109 Å². The Morgan fingerprint density at radius 1 is 1.44 bits per heavy atom. The van der Waals surface area contributed by atoms with Crippen molar-refractivity contribution in [2.24, 2.45) is 5.73 Å². The molecule has 1 saturated heterocycles. The molecule has 1 unspecified atom stereocenters. The van der Waals surface area contributed by atoms with Crippen LogP contribution in [0.1, 0.15) is 17.5 Å². The lowest BCUT2D eigenvalue weighted by molar-refractivity contribution is 0.315. The molecule has 1 aliphatic rings. The van der Waals surface area contributed by atoms with Gasteiger partial charge in [0, 0.05) is 24.7 Å². The number of amidine groups is 1. The van der Waals surface area contributed by atoms with Gasteiger partial charge in [0.2, 0.25) is 0 Å². The minimum atomic E-state index is 0.155. The van der Waals surface area contributed by atoms with E-state index in [9.17, 15) is 0 Å².